The third-order valence-electron chi connectivity index (χ3n) is 7.69. The fourth-order valence-corrected chi connectivity index (χ4v) is 5.77. The predicted octanol–water partition coefficient (Wildman–Crippen LogP) is 8.88. The van der Waals surface area contributed by atoms with Crippen molar-refractivity contribution in [3.63, 3.8) is 0 Å². The van der Waals surface area contributed by atoms with Crippen molar-refractivity contribution in [1.82, 2.24) is 19.9 Å². The summed E-state index contributed by atoms with van der Waals surface area (Å²) < 4.78 is 0. The van der Waals surface area contributed by atoms with Gasteiger partial charge in [-0.2, -0.15) is 0 Å². The molecular formula is C36H22N4. The summed E-state index contributed by atoms with van der Waals surface area (Å²) in [4.78, 5) is 18.5. The SMILES string of the molecule is c1cc(-c2c(-c3ccc4cnccc4c3)nc(-c3ccc4ccncc4c3)c3ccccc23)c2ccncc2c1. The number of nitrogens with zero attached hydrogens (tertiary/aromatic N) is 4. The lowest BCUT2D eigenvalue weighted by atomic mass is 9.89. The van der Waals surface area contributed by atoms with Crippen LogP contribution in [0.1, 0.15) is 0 Å². The van der Waals surface area contributed by atoms with Crippen molar-refractivity contribution < 1.29 is 0 Å². The van der Waals surface area contributed by atoms with Crippen LogP contribution in [0.3, 0.4) is 0 Å². The Kier molecular flexibility index (Phi) is 5.10. The summed E-state index contributed by atoms with van der Waals surface area (Å²) in [5, 5.41) is 9.02. The average molecular weight is 511 g/mol. The van der Waals surface area contributed by atoms with Gasteiger partial charge >= 0.3 is 0 Å². The van der Waals surface area contributed by atoms with Crippen molar-refractivity contribution in [1.29, 1.82) is 0 Å². The Morgan fingerprint density at radius 3 is 1.95 bits per heavy atom. The summed E-state index contributed by atoms with van der Waals surface area (Å²) in [5.74, 6) is 0. The molecule has 0 amide bonds. The molecule has 0 saturated carbocycles. The van der Waals surface area contributed by atoms with E-state index in [0.29, 0.717) is 0 Å². The highest BCUT2D eigenvalue weighted by molar-refractivity contribution is 6.13. The topological polar surface area (TPSA) is 51.6 Å². The van der Waals surface area contributed by atoms with Crippen LogP contribution in [0, 0.1) is 0 Å². The summed E-state index contributed by atoms with van der Waals surface area (Å²) in [6.45, 7) is 0. The first kappa shape index (κ1) is 22.5. The molecule has 0 aliphatic carbocycles. The molecule has 0 bridgehead atoms. The van der Waals surface area contributed by atoms with Crippen LogP contribution < -0.4 is 0 Å². The van der Waals surface area contributed by atoms with E-state index >= 15 is 0 Å². The maximum atomic E-state index is 5.49. The van der Waals surface area contributed by atoms with Gasteiger partial charge in [0.2, 0.25) is 0 Å². The van der Waals surface area contributed by atoms with Crippen LogP contribution >= 0.6 is 0 Å². The van der Waals surface area contributed by atoms with Gasteiger partial charge in [-0.05, 0) is 57.4 Å². The van der Waals surface area contributed by atoms with Crippen LogP contribution in [0.2, 0.25) is 0 Å². The quantitative estimate of drug-likeness (QED) is 0.238. The molecule has 0 aliphatic rings. The minimum Gasteiger partial charge on any atom is -0.264 e. The van der Waals surface area contributed by atoms with Gasteiger partial charge in [-0.3, -0.25) is 15.0 Å². The van der Waals surface area contributed by atoms with Crippen molar-refractivity contribution in [2.75, 3.05) is 0 Å². The Hall–Kier alpha value is -5.48. The molecule has 8 aromatic rings. The predicted molar refractivity (Wildman–Crippen MR) is 164 cm³/mol. The summed E-state index contributed by atoms with van der Waals surface area (Å²) in [5.41, 5.74) is 6.29. The molecule has 8 rings (SSSR count). The first-order valence-corrected chi connectivity index (χ1v) is 13.3. The highest BCUT2D eigenvalue weighted by atomic mass is 14.7. The van der Waals surface area contributed by atoms with Gasteiger partial charge in [0.15, 0.2) is 0 Å². The highest BCUT2D eigenvalue weighted by Crippen LogP contribution is 2.43. The van der Waals surface area contributed by atoms with Crippen LogP contribution in [0.5, 0.6) is 0 Å². The second-order valence-corrected chi connectivity index (χ2v) is 10.0. The van der Waals surface area contributed by atoms with E-state index in [1.807, 2.05) is 43.2 Å². The largest absolute Gasteiger partial charge is 0.264 e. The smallest absolute Gasteiger partial charge is 0.0794 e. The summed E-state index contributed by atoms with van der Waals surface area (Å²) in [7, 11) is 0. The molecule has 0 fully saturated rings. The van der Waals surface area contributed by atoms with Gasteiger partial charge in [0.1, 0.15) is 0 Å². The van der Waals surface area contributed by atoms with Crippen LogP contribution in [-0.2, 0) is 0 Å². The Labute approximate surface area is 230 Å². The number of fused-ring (bicyclic) bond motifs is 4. The molecule has 0 aliphatic heterocycles. The lowest BCUT2D eigenvalue weighted by Crippen LogP contribution is -1.97. The lowest BCUT2D eigenvalue weighted by Gasteiger charge is -2.18. The van der Waals surface area contributed by atoms with Crippen LogP contribution in [-0.4, -0.2) is 19.9 Å². The number of rotatable bonds is 3. The summed E-state index contributed by atoms with van der Waals surface area (Å²) >= 11 is 0. The van der Waals surface area contributed by atoms with E-state index in [1.165, 1.54) is 0 Å². The zero-order valence-electron chi connectivity index (χ0n) is 21.5. The van der Waals surface area contributed by atoms with Crippen molar-refractivity contribution in [2.45, 2.75) is 0 Å². The monoisotopic (exact) mass is 510 g/mol. The fourth-order valence-electron chi connectivity index (χ4n) is 5.77. The van der Waals surface area contributed by atoms with Crippen LogP contribution in [0.4, 0.5) is 0 Å². The van der Waals surface area contributed by atoms with Gasteiger partial charge in [0, 0.05) is 75.4 Å². The van der Waals surface area contributed by atoms with E-state index in [-0.39, 0.29) is 0 Å². The molecule has 4 heterocycles. The van der Waals surface area contributed by atoms with E-state index in [9.17, 15) is 0 Å². The van der Waals surface area contributed by atoms with Gasteiger partial charge in [-0.15, -0.1) is 0 Å². The van der Waals surface area contributed by atoms with Gasteiger partial charge in [0.05, 0.1) is 11.4 Å². The van der Waals surface area contributed by atoms with Crippen molar-refractivity contribution in [2.24, 2.45) is 0 Å². The normalized spacial score (nSPS) is 11.5. The number of aromatic nitrogens is 4. The van der Waals surface area contributed by atoms with Crippen LogP contribution in [0.25, 0.3) is 76.7 Å². The number of hydrogen-bond donors (Lipinski definition) is 0. The van der Waals surface area contributed by atoms with Crippen LogP contribution in [0.15, 0.2) is 134 Å². The summed E-state index contributed by atoms with van der Waals surface area (Å²) in [6.07, 6.45) is 11.3. The van der Waals surface area contributed by atoms with Gasteiger partial charge < -0.3 is 0 Å². The van der Waals surface area contributed by atoms with Crippen molar-refractivity contribution in [3.8, 4) is 33.6 Å². The molecule has 40 heavy (non-hydrogen) atoms. The van der Waals surface area contributed by atoms with E-state index in [2.05, 4.69) is 106 Å². The third-order valence-corrected chi connectivity index (χ3v) is 7.69. The van der Waals surface area contributed by atoms with E-state index in [0.717, 1.165) is 76.7 Å². The first-order chi connectivity index (χ1) is 19.8. The molecule has 0 radical (unpaired) electrons. The van der Waals surface area contributed by atoms with Gasteiger partial charge in [0.25, 0.3) is 0 Å². The molecular weight excluding hydrogens is 488 g/mol. The Morgan fingerprint density at radius 1 is 0.400 bits per heavy atom. The minimum absolute atomic E-state index is 0.947. The molecule has 0 atom stereocenters. The van der Waals surface area contributed by atoms with E-state index in [4.69, 9.17) is 4.98 Å². The third kappa shape index (κ3) is 3.62. The average Bonchev–Trinajstić information content (AvgIpc) is 3.03. The first-order valence-electron chi connectivity index (χ1n) is 13.3. The standard InChI is InChI=1S/C36H22N4/c1-2-6-33-32(5-1)34(31-7-3-4-28-21-39-17-14-30(28)31)36(26-10-11-27-20-37-16-13-24(27)18-26)40-35(33)25-9-8-23-12-15-38-22-29(23)19-25/h1-22H. The maximum Gasteiger partial charge on any atom is 0.0794 e. The van der Waals surface area contributed by atoms with Gasteiger partial charge in [-0.1, -0.05) is 66.7 Å². The Bertz CT molecular complexity index is 2230. The minimum atomic E-state index is 0.947. The lowest BCUT2D eigenvalue weighted by molar-refractivity contribution is 1.34. The maximum absolute atomic E-state index is 5.49. The molecule has 0 N–H and O–H groups in total. The molecule has 0 saturated heterocycles. The molecule has 4 aromatic heterocycles. The molecule has 4 aromatic carbocycles. The zero-order chi connectivity index (χ0) is 26.5. The van der Waals surface area contributed by atoms with Gasteiger partial charge in [-0.25, -0.2) is 4.98 Å². The Morgan fingerprint density at radius 2 is 1.07 bits per heavy atom. The molecule has 4 heteroatoms. The molecule has 0 spiro atoms. The molecule has 4 nitrogen and oxygen atoms in total. The number of pyridine rings is 4. The number of hydrogen-bond acceptors (Lipinski definition) is 4. The fraction of sp³-hybridized carbons (Fsp3) is 0. The summed E-state index contributed by atoms with van der Waals surface area (Å²) in [6, 6.07) is 34.2. The molecule has 0 unspecified atom stereocenters. The zero-order valence-corrected chi connectivity index (χ0v) is 21.5. The second kappa shape index (κ2) is 9.07. The van der Waals surface area contributed by atoms with Crippen molar-refractivity contribution in [3.05, 3.63) is 134 Å². The van der Waals surface area contributed by atoms with Crippen molar-refractivity contribution >= 4 is 43.1 Å². The highest BCUT2D eigenvalue weighted by Gasteiger charge is 2.20. The molecule has 186 valence electrons. The second-order valence-electron chi connectivity index (χ2n) is 10.0. The van der Waals surface area contributed by atoms with E-state index < -0.39 is 0 Å². The van der Waals surface area contributed by atoms with E-state index in [1.54, 1.807) is 0 Å². The number of benzene rings is 4. The Balaban J connectivity index is 1.51.